The van der Waals surface area contributed by atoms with Crippen LogP contribution in [0.4, 0.5) is 10.2 Å². The summed E-state index contributed by atoms with van der Waals surface area (Å²) in [7, 11) is 0. The van der Waals surface area contributed by atoms with E-state index in [1.54, 1.807) is 6.07 Å². The molecule has 1 fully saturated rings. The molecule has 0 amide bonds. The van der Waals surface area contributed by atoms with Crippen molar-refractivity contribution in [1.29, 1.82) is 0 Å². The fraction of sp³-hybridized carbons (Fsp3) is 0.438. The van der Waals surface area contributed by atoms with Gasteiger partial charge in [-0.15, -0.1) is 0 Å². The van der Waals surface area contributed by atoms with E-state index in [-0.39, 0.29) is 11.9 Å². The molecule has 1 aliphatic heterocycles. The second kappa shape index (κ2) is 4.33. The highest BCUT2D eigenvalue weighted by Gasteiger charge is 2.37. The van der Waals surface area contributed by atoms with Crippen molar-refractivity contribution in [3.05, 3.63) is 47.4 Å². The largest absolute Gasteiger partial charge is 0.370 e. The van der Waals surface area contributed by atoms with Crippen molar-refractivity contribution in [2.24, 2.45) is 5.92 Å². The Morgan fingerprint density at radius 1 is 1.35 bits per heavy atom. The van der Waals surface area contributed by atoms with Crippen molar-refractivity contribution in [2.75, 3.05) is 11.9 Å². The van der Waals surface area contributed by atoms with Gasteiger partial charge in [-0.25, -0.2) is 9.07 Å². The first-order valence-electron chi connectivity index (χ1n) is 7.32. The van der Waals surface area contributed by atoms with Gasteiger partial charge < -0.3 is 5.32 Å². The van der Waals surface area contributed by atoms with Crippen LogP contribution in [0.1, 0.15) is 43.0 Å². The van der Waals surface area contributed by atoms with Crippen molar-refractivity contribution in [1.82, 2.24) is 9.78 Å². The smallest absolute Gasteiger partial charge is 0.128 e. The lowest BCUT2D eigenvalue weighted by Gasteiger charge is -2.26. The Balaban J connectivity index is 1.74. The molecule has 0 spiro atoms. The maximum atomic E-state index is 14.0. The lowest BCUT2D eigenvalue weighted by Crippen LogP contribution is -2.25. The van der Waals surface area contributed by atoms with Gasteiger partial charge in [-0.2, -0.15) is 5.10 Å². The Morgan fingerprint density at radius 3 is 2.90 bits per heavy atom. The number of benzene rings is 1. The highest BCUT2D eigenvalue weighted by atomic mass is 19.1. The first-order valence-corrected chi connectivity index (χ1v) is 7.32. The summed E-state index contributed by atoms with van der Waals surface area (Å²) in [6.45, 7) is 3.12. The number of hydrogen-bond donors (Lipinski definition) is 1. The van der Waals surface area contributed by atoms with Crippen LogP contribution in [-0.4, -0.2) is 16.3 Å². The van der Waals surface area contributed by atoms with Gasteiger partial charge in [0.15, 0.2) is 0 Å². The molecule has 3 atom stereocenters. The van der Waals surface area contributed by atoms with E-state index < -0.39 is 0 Å². The minimum absolute atomic E-state index is 0.00950. The lowest BCUT2D eigenvalue weighted by atomic mass is 10.0. The molecule has 1 saturated carbocycles. The summed E-state index contributed by atoms with van der Waals surface area (Å²) in [5, 5.41) is 8.13. The van der Waals surface area contributed by atoms with Crippen LogP contribution >= 0.6 is 0 Å². The maximum absolute atomic E-state index is 14.0. The van der Waals surface area contributed by atoms with E-state index >= 15 is 0 Å². The molecule has 1 aliphatic carbocycles. The monoisotopic (exact) mass is 271 g/mol. The van der Waals surface area contributed by atoms with Crippen LogP contribution in [0.5, 0.6) is 0 Å². The standard InChI is InChI=1S/C16H18FN3/c1-10-8-12(10)14-9-16-18-7-6-15(20(16)19-14)11-4-2-3-5-13(11)17/h2-5,9-10,12,15,18H,6-8H2,1H3. The first kappa shape index (κ1) is 11.9. The van der Waals surface area contributed by atoms with Crippen LogP contribution < -0.4 is 5.32 Å². The predicted molar refractivity (Wildman–Crippen MR) is 76.4 cm³/mol. The molecule has 104 valence electrons. The molecule has 3 unspecified atom stereocenters. The van der Waals surface area contributed by atoms with Crippen LogP contribution in [0.3, 0.4) is 0 Å². The zero-order valence-corrected chi connectivity index (χ0v) is 11.5. The first-order chi connectivity index (χ1) is 9.74. The van der Waals surface area contributed by atoms with Crippen LogP contribution in [0.2, 0.25) is 0 Å². The predicted octanol–water partition coefficient (Wildman–Crippen LogP) is 3.55. The molecule has 3 nitrogen and oxygen atoms in total. The molecule has 2 heterocycles. The Hall–Kier alpha value is -1.84. The zero-order chi connectivity index (χ0) is 13.7. The van der Waals surface area contributed by atoms with Gasteiger partial charge in [-0.05, 0) is 24.8 Å². The average molecular weight is 271 g/mol. The second-order valence-electron chi connectivity index (χ2n) is 5.97. The van der Waals surface area contributed by atoms with Gasteiger partial charge in [0.1, 0.15) is 11.6 Å². The molecule has 2 aliphatic rings. The van der Waals surface area contributed by atoms with E-state index in [1.807, 2.05) is 16.8 Å². The van der Waals surface area contributed by atoms with E-state index in [4.69, 9.17) is 5.10 Å². The summed E-state index contributed by atoms with van der Waals surface area (Å²) in [6, 6.07) is 9.19. The highest BCUT2D eigenvalue weighted by Crippen LogP contribution is 2.47. The Bertz CT molecular complexity index is 649. The number of hydrogen-bond acceptors (Lipinski definition) is 2. The fourth-order valence-corrected chi connectivity index (χ4v) is 3.19. The normalized spacial score (nSPS) is 27.8. The third-order valence-corrected chi connectivity index (χ3v) is 4.53. The fourth-order valence-electron chi connectivity index (χ4n) is 3.19. The summed E-state index contributed by atoms with van der Waals surface area (Å²) in [5.41, 5.74) is 1.90. The van der Waals surface area contributed by atoms with Crippen LogP contribution in [0.15, 0.2) is 30.3 Å². The molecule has 20 heavy (non-hydrogen) atoms. The molecule has 0 saturated heterocycles. The van der Waals surface area contributed by atoms with E-state index in [9.17, 15) is 4.39 Å². The average Bonchev–Trinajstić information content (AvgIpc) is 3.02. The molecule has 1 aromatic heterocycles. The number of nitrogens with zero attached hydrogens (tertiary/aromatic N) is 2. The highest BCUT2D eigenvalue weighted by molar-refractivity contribution is 5.43. The van der Waals surface area contributed by atoms with Gasteiger partial charge in [0.2, 0.25) is 0 Å². The maximum Gasteiger partial charge on any atom is 0.128 e. The minimum atomic E-state index is -0.137. The Kier molecular flexibility index (Phi) is 2.59. The van der Waals surface area contributed by atoms with E-state index in [1.165, 1.54) is 12.5 Å². The Morgan fingerprint density at radius 2 is 2.15 bits per heavy atom. The van der Waals surface area contributed by atoms with Crippen molar-refractivity contribution in [2.45, 2.75) is 31.7 Å². The number of halogens is 1. The SMILES string of the molecule is CC1CC1c1cc2n(n1)C(c1ccccc1F)CCN2. The van der Waals surface area contributed by atoms with Crippen molar-refractivity contribution in [3.63, 3.8) is 0 Å². The lowest BCUT2D eigenvalue weighted by molar-refractivity contribution is 0.455. The zero-order valence-electron chi connectivity index (χ0n) is 11.5. The van der Waals surface area contributed by atoms with Gasteiger partial charge >= 0.3 is 0 Å². The molecular weight excluding hydrogens is 253 g/mol. The number of rotatable bonds is 2. The number of anilines is 1. The molecular formula is C16H18FN3. The second-order valence-corrected chi connectivity index (χ2v) is 5.97. The Labute approximate surface area is 117 Å². The minimum Gasteiger partial charge on any atom is -0.370 e. The van der Waals surface area contributed by atoms with E-state index in [0.29, 0.717) is 5.92 Å². The summed E-state index contributed by atoms with van der Waals surface area (Å²) >= 11 is 0. The summed E-state index contributed by atoms with van der Waals surface area (Å²) < 4.78 is 16.0. The van der Waals surface area contributed by atoms with Crippen LogP contribution in [-0.2, 0) is 0 Å². The van der Waals surface area contributed by atoms with Gasteiger partial charge in [0.05, 0.1) is 11.7 Å². The number of fused-ring (bicyclic) bond motifs is 1. The number of aromatic nitrogens is 2. The molecule has 2 aromatic rings. The van der Waals surface area contributed by atoms with Gasteiger partial charge in [0, 0.05) is 24.1 Å². The van der Waals surface area contributed by atoms with Gasteiger partial charge in [-0.1, -0.05) is 25.1 Å². The van der Waals surface area contributed by atoms with Gasteiger partial charge in [0.25, 0.3) is 0 Å². The molecule has 1 aromatic carbocycles. The summed E-state index contributed by atoms with van der Waals surface area (Å²) in [4.78, 5) is 0. The van der Waals surface area contributed by atoms with E-state index in [0.717, 1.165) is 36.0 Å². The van der Waals surface area contributed by atoms with Crippen molar-refractivity contribution < 1.29 is 4.39 Å². The molecule has 0 radical (unpaired) electrons. The molecule has 0 bridgehead atoms. The summed E-state index contributed by atoms with van der Waals surface area (Å²) in [5.74, 6) is 2.22. The van der Waals surface area contributed by atoms with E-state index in [2.05, 4.69) is 18.3 Å². The van der Waals surface area contributed by atoms with Crippen molar-refractivity contribution >= 4 is 5.82 Å². The molecule has 4 heteroatoms. The topological polar surface area (TPSA) is 29.9 Å². The third kappa shape index (κ3) is 1.82. The third-order valence-electron chi connectivity index (χ3n) is 4.53. The number of nitrogens with one attached hydrogen (secondary N) is 1. The molecule has 1 N–H and O–H groups in total. The van der Waals surface area contributed by atoms with Gasteiger partial charge in [-0.3, -0.25) is 0 Å². The van der Waals surface area contributed by atoms with Crippen LogP contribution in [0, 0.1) is 11.7 Å². The summed E-state index contributed by atoms with van der Waals surface area (Å²) in [6.07, 6.45) is 2.09. The quantitative estimate of drug-likeness (QED) is 0.905. The van der Waals surface area contributed by atoms with Crippen LogP contribution in [0.25, 0.3) is 0 Å². The van der Waals surface area contributed by atoms with Crippen molar-refractivity contribution in [3.8, 4) is 0 Å². The molecule has 4 rings (SSSR count).